The second kappa shape index (κ2) is 6.62. The molecule has 2 atom stereocenters. The Morgan fingerprint density at radius 2 is 2.13 bits per heavy atom. The third-order valence-electron chi connectivity index (χ3n) is 5.75. The fraction of sp³-hybridized carbons (Fsp3) is 0.632. The average molecular weight is 316 g/mol. The van der Waals surface area contributed by atoms with E-state index in [-0.39, 0.29) is 11.3 Å². The molecule has 2 heterocycles. The molecule has 0 radical (unpaired) electrons. The van der Waals surface area contributed by atoms with Crippen molar-refractivity contribution in [2.24, 2.45) is 11.3 Å². The molecular weight excluding hydrogens is 288 g/mol. The highest BCUT2D eigenvalue weighted by Gasteiger charge is 2.50. The van der Waals surface area contributed by atoms with Crippen molar-refractivity contribution in [2.75, 3.05) is 46.4 Å². The third kappa shape index (κ3) is 3.02. The third-order valence-corrected chi connectivity index (χ3v) is 5.75. The SMILES string of the molecule is CCN1C[C@@H](COC)[C@]2(CCN(C(=O)c3ccccc3C)C2)C1. The Balaban J connectivity index is 1.77. The Bertz CT molecular complexity index is 574. The van der Waals surface area contributed by atoms with Crippen molar-refractivity contribution >= 4 is 5.91 Å². The molecule has 0 N–H and O–H groups in total. The lowest BCUT2D eigenvalue weighted by molar-refractivity contribution is 0.0715. The van der Waals surface area contributed by atoms with Crippen LogP contribution in [0.4, 0.5) is 0 Å². The number of methoxy groups -OCH3 is 1. The van der Waals surface area contributed by atoms with Crippen LogP contribution in [0.2, 0.25) is 0 Å². The van der Waals surface area contributed by atoms with Crippen molar-refractivity contribution in [1.82, 2.24) is 9.80 Å². The summed E-state index contributed by atoms with van der Waals surface area (Å²) < 4.78 is 5.47. The molecule has 0 bridgehead atoms. The Morgan fingerprint density at radius 3 is 2.83 bits per heavy atom. The van der Waals surface area contributed by atoms with Crippen LogP contribution in [0.5, 0.6) is 0 Å². The van der Waals surface area contributed by atoms with Crippen LogP contribution in [-0.4, -0.2) is 62.1 Å². The number of rotatable bonds is 4. The zero-order valence-electron chi connectivity index (χ0n) is 14.5. The maximum absolute atomic E-state index is 12.9. The van der Waals surface area contributed by atoms with E-state index in [2.05, 4.69) is 16.7 Å². The molecule has 3 rings (SSSR count). The number of amides is 1. The Labute approximate surface area is 139 Å². The number of aryl methyl sites for hydroxylation is 1. The Morgan fingerprint density at radius 1 is 1.35 bits per heavy atom. The quantitative estimate of drug-likeness (QED) is 0.855. The van der Waals surface area contributed by atoms with Crippen LogP contribution in [-0.2, 0) is 4.74 Å². The summed E-state index contributed by atoms with van der Waals surface area (Å²) in [6.45, 7) is 10.0. The van der Waals surface area contributed by atoms with Gasteiger partial charge in [0, 0.05) is 50.2 Å². The summed E-state index contributed by atoms with van der Waals surface area (Å²) in [5, 5.41) is 0. The van der Waals surface area contributed by atoms with E-state index in [1.165, 1.54) is 0 Å². The first-order chi connectivity index (χ1) is 11.1. The van der Waals surface area contributed by atoms with Crippen LogP contribution in [0.3, 0.4) is 0 Å². The summed E-state index contributed by atoms with van der Waals surface area (Å²) in [5.74, 6) is 0.716. The molecule has 1 aromatic rings. The van der Waals surface area contributed by atoms with Gasteiger partial charge in [0.05, 0.1) is 6.61 Å². The van der Waals surface area contributed by atoms with Gasteiger partial charge in [0.1, 0.15) is 0 Å². The minimum atomic E-state index is 0.186. The van der Waals surface area contributed by atoms with E-state index in [4.69, 9.17) is 4.74 Å². The van der Waals surface area contributed by atoms with Crippen LogP contribution in [0.1, 0.15) is 29.3 Å². The van der Waals surface area contributed by atoms with Crippen LogP contribution < -0.4 is 0 Å². The molecule has 1 aromatic carbocycles. The maximum atomic E-state index is 12.9. The standard InChI is InChI=1S/C19H28N2O2/c1-4-20-11-16(12-23-3)19(13-20)9-10-21(14-19)18(22)17-8-6-5-7-15(17)2/h5-8,16H,4,9-14H2,1-3H3/t16-,19+/m0/s1. The van der Waals surface area contributed by atoms with Crippen LogP contribution >= 0.6 is 0 Å². The molecule has 1 spiro atoms. The first-order valence-corrected chi connectivity index (χ1v) is 8.66. The van der Waals surface area contributed by atoms with Crippen molar-refractivity contribution in [3.8, 4) is 0 Å². The van der Waals surface area contributed by atoms with Crippen molar-refractivity contribution in [3.63, 3.8) is 0 Å². The van der Waals surface area contributed by atoms with E-state index in [9.17, 15) is 4.79 Å². The molecule has 4 heteroatoms. The average Bonchev–Trinajstić information content (AvgIpc) is 3.13. The monoisotopic (exact) mass is 316 g/mol. The van der Waals surface area contributed by atoms with Crippen molar-refractivity contribution in [2.45, 2.75) is 20.3 Å². The minimum absolute atomic E-state index is 0.186. The molecule has 1 amide bonds. The molecule has 126 valence electrons. The van der Waals surface area contributed by atoms with Gasteiger partial charge in [0.2, 0.25) is 0 Å². The number of ether oxygens (including phenoxy) is 1. The fourth-order valence-electron chi connectivity index (χ4n) is 4.33. The summed E-state index contributed by atoms with van der Waals surface area (Å²) in [7, 11) is 1.79. The van der Waals surface area contributed by atoms with E-state index in [0.717, 1.165) is 56.9 Å². The van der Waals surface area contributed by atoms with Gasteiger partial charge in [-0.15, -0.1) is 0 Å². The van der Waals surface area contributed by atoms with Gasteiger partial charge in [-0.25, -0.2) is 0 Å². The number of benzene rings is 1. The maximum Gasteiger partial charge on any atom is 0.254 e. The van der Waals surface area contributed by atoms with Crippen LogP contribution in [0.15, 0.2) is 24.3 Å². The molecule has 0 aliphatic carbocycles. The van der Waals surface area contributed by atoms with E-state index >= 15 is 0 Å². The molecule has 0 unspecified atom stereocenters. The van der Waals surface area contributed by atoms with E-state index in [1.54, 1.807) is 7.11 Å². The second-order valence-corrected chi connectivity index (χ2v) is 7.13. The summed E-state index contributed by atoms with van der Waals surface area (Å²) in [6.07, 6.45) is 1.09. The largest absolute Gasteiger partial charge is 0.384 e. The first-order valence-electron chi connectivity index (χ1n) is 8.66. The number of hydrogen-bond donors (Lipinski definition) is 0. The minimum Gasteiger partial charge on any atom is -0.384 e. The Hall–Kier alpha value is -1.39. The summed E-state index contributed by atoms with van der Waals surface area (Å²) >= 11 is 0. The molecule has 2 saturated heterocycles. The Kier molecular flexibility index (Phi) is 4.74. The van der Waals surface area contributed by atoms with Gasteiger partial charge in [-0.1, -0.05) is 25.1 Å². The van der Waals surface area contributed by atoms with Gasteiger partial charge in [-0.2, -0.15) is 0 Å². The summed E-state index contributed by atoms with van der Waals surface area (Å²) in [4.78, 5) is 17.5. The van der Waals surface area contributed by atoms with Gasteiger partial charge >= 0.3 is 0 Å². The van der Waals surface area contributed by atoms with Crippen molar-refractivity contribution in [1.29, 1.82) is 0 Å². The lowest BCUT2D eigenvalue weighted by atomic mass is 9.77. The molecule has 0 saturated carbocycles. The fourth-order valence-corrected chi connectivity index (χ4v) is 4.33. The predicted molar refractivity (Wildman–Crippen MR) is 91.6 cm³/mol. The molecule has 2 aliphatic heterocycles. The van der Waals surface area contributed by atoms with E-state index in [1.807, 2.05) is 31.2 Å². The molecular formula is C19H28N2O2. The molecule has 23 heavy (non-hydrogen) atoms. The highest BCUT2D eigenvalue weighted by molar-refractivity contribution is 5.95. The zero-order chi connectivity index (χ0) is 16.4. The van der Waals surface area contributed by atoms with Gasteiger partial charge in [0.25, 0.3) is 5.91 Å². The molecule has 4 nitrogen and oxygen atoms in total. The van der Waals surface area contributed by atoms with Gasteiger partial charge in [0.15, 0.2) is 0 Å². The first kappa shape index (κ1) is 16.5. The second-order valence-electron chi connectivity index (χ2n) is 7.13. The number of hydrogen-bond acceptors (Lipinski definition) is 3. The normalized spacial score (nSPS) is 28.0. The highest BCUT2D eigenvalue weighted by Crippen LogP contribution is 2.44. The van der Waals surface area contributed by atoms with E-state index in [0.29, 0.717) is 5.92 Å². The van der Waals surface area contributed by atoms with Gasteiger partial charge in [-0.3, -0.25) is 4.79 Å². The number of nitrogens with zero attached hydrogens (tertiary/aromatic N) is 2. The van der Waals surface area contributed by atoms with Crippen LogP contribution in [0.25, 0.3) is 0 Å². The molecule has 2 fully saturated rings. The molecule has 0 aromatic heterocycles. The molecule has 2 aliphatic rings. The van der Waals surface area contributed by atoms with Crippen molar-refractivity contribution < 1.29 is 9.53 Å². The summed E-state index contributed by atoms with van der Waals surface area (Å²) in [5.41, 5.74) is 2.12. The lowest BCUT2D eigenvalue weighted by Crippen LogP contribution is -2.38. The summed E-state index contributed by atoms with van der Waals surface area (Å²) in [6, 6.07) is 7.90. The van der Waals surface area contributed by atoms with Crippen molar-refractivity contribution in [3.05, 3.63) is 35.4 Å². The smallest absolute Gasteiger partial charge is 0.254 e. The highest BCUT2D eigenvalue weighted by atomic mass is 16.5. The van der Waals surface area contributed by atoms with Gasteiger partial charge in [-0.05, 0) is 31.5 Å². The predicted octanol–water partition coefficient (Wildman–Crippen LogP) is 2.43. The van der Waals surface area contributed by atoms with Gasteiger partial charge < -0.3 is 14.5 Å². The van der Waals surface area contributed by atoms with Crippen LogP contribution in [0, 0.1) is 18.3 Å². The topological polar surface area (TPSA) is 32.8 Å². The lowest BCUT2D eigenvalue weighted by Gasteiger charge is -2.30. The number of carbonyl (C=O) groups is 1. The zero-order valence-corrected chi connectivity index (χ0v) is 14.5. The number of likely N-dealkylation sites (tertiary alicyclic amines) is 2. The number of carbonyl (C=O) groups excluding carboxylic acids is 1. The van der Waals surface area contributed by atoms with E-state index < -0.39 is 0 Å².